The van der Waals surface area contributed by atoms with E-state index in [0.717, 1.165) is 6.42 Å². The zero-order valence-corrected chi connectivity index (χ0v) is 13.0. The molecule has 0 aromatic heterocycles. The lowest BCUT2D eigenvalue weighted by Gasteiger charge is -2.13. The Hall–Kier alpha value is -1.91. The Balaban J connectivity index is 2.60. The largest absolute Gasteiger partial charge is 0.490 e. The molecule has 0 aliphatic rings. The van der Waals surface area contributed by atoms with E-state index in [4.69, 9.17) is 20.4 Å². The van der Waals surface area contributed by atoms with Crippen molar-refractivity contribution in [3.63, 3.8) is 0 Å². The predicted octanol–water partition coefficient (Wildman–Crippen LogP) is 3.53. The lowest BCUT2D eigenvalue weighted by molar-refractivity contribution is 0.270. The smallest absolute Gasteiger partial charge is 0.170 e. The maximum absolute atomic E-state index is 8.71. The summed E-state index contributed by atoms with van der Waals surface area (Å²) in [7, 11) is 0. The second kappa shape index (κ2) is 9.91. The average Bonchev–Trinajstić information content (AvgIpc) is 2.51. The summed E-state index contributed by atoms with van der Waals surface area (Å²) in [6, 6.07) is 5.28. The zero-order chi connectivity index (χ0) is 15.5. The molecule has 0 saturated carbocycles. The van der Waals surface area contributed by atoms with Gasteiger partial charge in [-0.3, -0.25) is 0 Å². The monoisotopic (exact) mass is 294 g/mol. The highest BCUT2D eigenvalue weighted by atomic mass is 16.5. The minimum Gasteiger partial charge on any atom is -0.490 e. The van der Waals surface area contributed by atoms with Crippen LogP contribution in [0.2, 0.25) is 0 Å². The Morgan fingerprint density at radius 3 is 2.52 bits per heavy atom. The zero-order valence-electron chi connectivity index (χ0n) is 13.0. The van der Waals surface area contributed by atoms with E-state index < -0.39 is 0 Å². The molecule has 5 nitrogen and oxygen atoms in total. The molecule has 3 N–H and O–H groups in total. The van der Waals surface area contributed by atoms with Crippen LogP contribution in [0.15, 0.2) is 23.4 Å². The molecule has 5 heteroatoms. The van der Waals surface area contributed by atoms with E-state index in [1.54, 1.807) is 18.2 Å². The Kier molecular flexibility index (Phi) is 8.09. The first-order valence-corrected chi connectivity index (χ1v) is 7.60. The number of unbranched alkanes of at least 4 members (excludes halogenated alkanes) is 4. The van der Waals surface area contributed by atoms with E-state index in [-0.39, 0.29) is 5.84 Å². The molecule has 0 aliphatic carbocycles. The van der Waals surface area contributed by atoms with Crippen LogP contribution in [0.3, 0.4) is 0 Å². The van der Waals surface area contributed by atoms with Crippen LogP contribution < -0.4 is 15.2 Å². The summed E-state index contributed by atoms with van der Waals surface area (Å²) in [6.07, 6.45) is 5.98. The van der Waals surface area contributed by atoms with Crippen LogP contribution in [0.1, 0.15) is 51.5 Å². The van der Waals surface area contributed by atoms with Gasteiger partial charge in [-0.05, 0) is 31.5 Å². The summed E-state index contributed by atoms with van der Waals surface area (Å²) in [5.74, 6) is 1.37. The minimum atomic E-state index is 0.0575. The molecular formula is C16H26N2O3. The van der Waals surface area contributed by atoms with Crippen LogP contribution in [0.5, 0.6) is 11.5 Å². The molecule has 0 saturated heterocycles. The van der Waals surface area contributed by atoms with Crippen molar-refractivity contribution in [1.82, 2.24) is 0 Å². The summed E-state index contributed by atoms with van der Waals surface area (Å²) in [4.78, 5) is 0. The Morgan fingerprint density at radius 1 is 1.10 bits per heavy atom. The first-order valence-electron chi connectivity index (χ1n) is 7.60. The summed E-state index contributed by atoms with van der Waals surface area (Å²) in [6.45, 7) is 5.32. The number of rotatable bonds is 10. The van der Waals surface area contributed by atoms with Gasteiger partial charge in [0.05, 0.1) is 13.2 Å². The van der Waals surface area contributed by atoms with E-state index in [9.17, 15) is 0 Å². The molecule has 0 spiro atoms. The van der Waals surface area contributed by atoms with E-state index in [1.165, 1.54) is 25.7 Å². The maximum Gasteiger partial charge on any atom is 0.170 e. The van der Waals surface area contributed by atoms with Gasteiger partial charge in [-0.15, -0.1) is 0 Å². The summed E-state index contributed by atoms with van der Waals surface area (Å²) in [5, 5.41) is 11.7. The SMILES string of the molecule is CCCCCCCOc1ccc(C(N)=NO)cc1OCC. The van der Waals surface area contributed by atoms with Crippen molar-refractivity contribution >= 4 is 5.84 Å². The molecule has 0 amide bonds. The summed E-state index contributed by atoms with van der Waals surface area (Å²) in [5.41, 5.74) is 6.19. The third kappa shape index (κ3) is 5.94. The predicted molar refractivity (Wildman–Crippen MR) is 84.4 cm³/mol. The van der Waals surface area contributed by atoms with Gasteiger partial charge in [-0.25, -0.2) is 0 Å². The number of benzene rings is 1. The molecule has 0 heterocycles. The number of nitrogens with two attached hydrogens (primary N) is 1. The fourth-order valence-electron chi connectivity index (χ4n) is 2.00. The molecule has 0 bridgehead atoms. The van der Waals surface area contributed by atoms with Gasteiger partial charge in [-0.1, -0.05) is 37.8 Å². The Labute approximate surface area is 126 Å². The van der Waals surface area contributed by atoms with Gasteiger partial charge in [0.15, 0.2) is 17.3 Å². The lowest BCUT2D eigenvalue weighted by Crippen LogP contribution is -2.13. The second-order valence-electron chi connectivity index (χ2n) is 4.84. The van der Waals surface area contributed by atoms with Crippen molar-refractivity contribution < 1.29 is 14.7 Å². The van der Waals surface area contributed by atoms with Crippen molar-refractivity contribution in [2.75, 3.05) is 13.2 Å². The van der Waals surface area contributed by atoms with Crippen LogP contribution in [-0.4, -0.2) is 24.3 Å². The summed E-state index contributed by atoms with van der Waals surface area (Å²) >= 11 is 0. The number of ether oxygens (including phenoxy) is 2. The molecule has 118 valence electrons. The van der Waals surface area contributed by atoms with Crippen molar-refractivity contribution in [2.45, 2.75) is 46.0 Å². The van der Waals surface area contributed by atoms with Crippen LogP contribution in [0, 0.1) is 0 Å². The third-order valence-electron chi connectivity index (χ3n) is 3.15. The maximum atomic E-state index is 8.71. The average molecular weight is 294 g/mol. The molecular weight excluding hydrogens is 268 g/mol. The molecule has 0 aliphatic heterocycles. The molecule has 1 rings (SSSR count). The van der Waals surface area contributed by atoms with Crippen molar-refractivity contribution in [3.8, 4) is 11.5 Å². The van der Waals surface area contributed by atoms with E-state index in [2.05, 4.69) is 12.1 Å². The van der Waals surface area contributed by atoms with Crippen LogP contribution in [-0.2, 0) is 0 Å². The van der Waals surface area contributed by atoms with Gasteiger partial charge in [0.25, 0.3) is 0 Å². The Bertz CT molecular complexity index is 447. The van der Waals surface area contributed by atoms with Gasteiger partial charge in [0.2, 0.25) is 0 Å². The van der Waals surface area contributed by atoms with Crippen LogP contribution in [0.4, 0.5) is 0 Å². The quantitative estimate of drug-likeness (QED) is 0.227. The molecule has 1 aromatic carbocycles. The molecule has 1 aromatic rings. The van der Waals surface area contributed by atoms with E-state index in [0.29, 0.717) is 30.3 Å². The number of hydrogen-bond acceptors (Lipinski definition) is 4. The Morgan fingerprint density at radius 2 is 1.86 bits per heavy atom. The fourth-order valence-corrected chi connectivity index (χ4v) is 2.00. The highest BCUT2D eigenvalue weighted by Gasteiger charge is 2.08. The number of oxime groups is 1. The van der Waals surface area contributed by atoms with Crippen molar-refractivity contribution in [2.24, 2.45) is 10.9 Å². The topological polar surface area (TPSA) is 77.1 Å². The molecule has 0 fully saturated rings. The number of amidine groups is 1. The minimum absolute atomic E-state index is 0.0575. The second-order valence-corrected chi connectivity index (χ2v) is 4.84. The molecule has 21 heavy (non-hydrogen) atoms. The number of nitrogens with zero attached hydrogens (tertiary/aromatic N) is 1. The van der Waals surface area contributed by atoms with Crippen molar-refractivity contribution in [3.05, 3.63) is 23.8 Å². The van der Waals surface area contributed by atoms with Gasteiger partial charge in [0, 0.05) is 5.56 Å². The standard InChI is InChI=1S/C16H26N2O3/c1-3-5-6-7-8-11-21-14-10-9-13(16(17)18-19)12-15(14)20-4-2/h9-10,12,19H,3-8,11H2,1-2H3,(H2,17,18). The van der Waals surface area contributed by atoms with Crippen LogP contribution >= 0.6 is 0 Å². The highest BCUT2D eigenvalue weighted by molar-refractivity contribution is 5.97. The van der Waals surface area contributed by atoms with Gasteiger partial charge in [-0.2, -0.15) is 0 Å². The first kappa shape index (κ1) is 17.1. The normalized spacial score (nSPS) is 11.4. The molecule has 0 atom stereocenters. The van der Waals surface area contributed by atoms with E-state index in [1.807, 2.05) is 6.92 Å². The van der Waals surface area contributed by atoms with Gasteiger partial charge >= 0.3 is 0 Å². The third-order valence-corrected chi connectivity index (χ3v) is 3.15. The number of hydrogen-bond donors (Lipinski definition) is 2. The highest BCUT2D eigenvalue weighted by Crippen LogP contribution is 2.28. The first-order chi connectivity index (χ1) is 10.2. The lowest BCUT2D eigenvalue weighted by atomic mass is 10.1. The molecule has 0 radical (unpaired) electrons. The summed E-state index contributed by atoms with van der Waals surface area (Å²) < 4.78 is 11.3. The van der Waals surface area contributed by atoms with Crippen molar-refractivity contribution in [1.29, 1.82) is 0 Å². The molecule has 0 unspecified atom stereocenters. The van der Waals surface area contributed by atoms with Gasteiger partial charge < -0.3 is 20.4 Å². The van der Waals surface area contributed by atoms with Gasteiger partial charge in [0.1, 0.15) is 0 Å². The fraction of sp³-hybridized carbons (Fsp3) is 0.562. The van der Waals surface area contributed by atoms with E-state index >= 15 is 0 Å². The van der Waals surface area contributed by atoms with Crippen LogP contribution in [0.25, 0.3) is 0 Å².